The number of phenols is 1. The van der Waals surface area contributed by atoms with Crippen LogP contribution in [0.2, 0.25) is 0 Å². The van der Waals surface area contributed by atoms with Crippen molar-refractivity contribution in [3.63, 3.8) is 0 Å². The Bertz CT molecular complexity index is 1010. The highest BCUT2D eigenvalue weighted by Crippen LogP contribution is 2.45. The predicted octanol–water partition coefficient (Wildman–Crippen LogP) is 4.03. The van der Waals surface area contributed by atoms with Crippen molar-refractivity contribution in [2.24, 2.45) is 4.99 Å². The molecule has 0 saturated heterocycles. The Morgan fingerprint density at radius 2 is 2.00 bits per heavy atom. The molecular weight excluding hydrogens is 300 g/mol. The summed E-state index contributed by atoms with van der Waals surface area (Å²) in [7, 11) is 2.04. The highest BCUT2D eigenvalue weighted by atomic mass is 16.5. The van der Waals surface area contributed by atoms with E-state index in [0.717, 1.165) is 28.6 Å². The lowest BCUT2D eigenvalue weighted by atomic mass is 10.0. The Labute approximate surface area is 139 Å². The minimum Gasteiger partial charge on any atom is -0.508 e. The molecule has 3 aromatic rings. The van der Waals surface area contributed by atoms with Crippen molar-refractivity contribution in [2.45, 2.75) is 12.1 Å². The van der Waals surface area contributed by atoms with Gasteiger partial charge in [-0.3, -0.25) is 4.99 Å². The van der Waals surface area contributed by atoms with Crippen LogP contribution in [-0.4, -0.2) is 24.1 Å². The molecule has 0 bridgehead atoms. The van der Waals surface area contributed by atoms with Crippen LogP contribution >= 0.6 is 0 Å². The molecule has 24 heavy (non-hydrogen) atoms. The fourth-order valence-corrected chi connectivity index (χ4v) is 3.70. The number of fused-ring (bicyclic) bond motifs is 4. The maximum absolute atomic E-state index is 9.66. The van der Waals surface area contributed by atoms with Gasteiger partial charge in [0.05, 0.1) is 6.21 Å². The van der Waals surface area contributed by atoms with Crippen molar-refractivity contribution >= 4 is 28.4 Å². The molecule has 2 heterocycles. The zero-order valence-corrected chi connectivity index (χ0v) is 13.2. The van der Waals surface area contributed by atoms with Gasteiger partial charge in [0.25, 0.3) is 0 Å². The molecule has 0 fully saturated rings. The first-order chi connectivity index (χ1) is 11.7. The van der Waals surface area contributed by atoms with E-state index >= 15 is 0 Å². The summed E-state index contributed by atoms with van der Waals surface area (Å²) in [6.07, 6.45) is 2.68. The summed E-state index contributed by atoms with van der Waals surface area (Å²) < 4.78 is 6.43. The van der Waals surface area contributed by atoms with Gasteiger partial charge in [0.2, 0.25) is 5.72 Å². The van der Waals surface area contributed by atoms with Gasteiger partial charge in [-0.25, -0.2) is 0 Å². The van der Waals surface area contributed by atoms with E-state index in [9.17, 15) is 5.11 Å². The smallest absolute Gasteiger partial charge is 0.223 e. The van der Waals surface area contributed by atoms with Gasteiger partial charge in [0, 0.05) is 24.5 Å². The van der Waals surface area contributed by atoms with E-state index in [1.54, 1.807) is 12.1 Å². The molecule has 0 saturated carbocycles. The van der Waals surface area contributed by atoms with Crippen LogP contribution < -0.4 is 9.64 Å². The molecule has 0 amide bonds. The van der Waals surface area contributed by atoms with E-state index in [1.165, 1.54) is 11.3 Å². The number of para-hydroxylation sites is 1. The second kappa shape index (κ2) is 4.51. The van der Waals surface area contributed by atoms with Gasteiger partial charge in [-0.1, -0.05) is 24.3 Å². The molecule has 4 nitrogen and oxygen atoms in total. The van der Waals surface area contributed by atoms with Gasteiger partial charge in [-0.15, -0.1) is 0 Å². The van der Waals surface area contributed by atoms with Crippen LogP contribution in [0.4, 0.5) is 11.4 Å². The third-order valence-electron chi connectivity index (χ3n) is 4.98. The fraction of sp³-hybridized carbons (Fsp3) is 0.150. The molecule has 1 N–H and O–H groups in total. The Kier molecular flexibility index (Phi) is 2.52. The summed E-state index contributed by atoms with van der Waals surface area (Å²) in [5.74, 6) is 1.03. The number of phenolic OH excluding ortho intramolecular Hbond substituents is 1. The number of aromatic hydroxyl groups is 1. The lowest BCUT2D eigenvalue weighted by Crippen LogP contribution is -2.52. The summed E-state index contributed by atoms with van der Waals surface area (Å²) in [4.78, 5) is 6.89. The highest BCUT2D eigenvalue weighted by molar-refractivity contribution is 5.99. The number of aliphatic imine (C=N–C) groups is 1. The van der Waals surface area contributed by atoms with Crippen molar-refractivity contribution in [3.05, 3.63) is 60.2 Å². The zero-order valence-electron chi connectivity index (χ0n) is 13.2. The summed E-state index contributed by atoms with van der Waals surface area (Å²) in [5, 5.41) is 11.6. The molecule has 3 aromatic carbocycles. The molecule has 2 aliphatic heterocycles. The van der Waals surface area contributed by atoms with E-state index < -0.39 is 5.72 Å². The van der Waals surface area contributed by atoms with Gasteiger partial charge in [-0.2, -0.15) is 0 Å². The number of benzene rings is 3. The first-order valence-electron chi connectivity index (χ1n) is 7.98. The second-order valence-electron chi connectivity index (χ2n) is 6.39. The van der Waals surface area contributed by atoms with Crippen LogP contribution in [0.5, 0.6) is 11.5 Å². The third-order valence-corrected chi connectivity index (χ3v) is 4.98. The normalized spacial score (nSPS) is 21.0. The van der Waals surface area contributed by atoms with Crippen molar-refractivity contribution in [3.8, 4) is 11.5 Å². The van der Waals surface area contributed by atoms with Crippen LogP contribution in [-0.2, 0) is 6.42 Å². The number of anilines is 1. The van der Waals surface area contributed by atoms with E-state index in [-0.39, 0.29) is 5.75 Å². The van der Waals surface area contributed by atoms with Crippen LogP contribution in [0, 0.1) is 0 Å². The minimum atomic E-state index is -0.568. The monoisotopic (exact) mass is 316 g/mol. The minimum absolute atomic E-state index is 0.255. The molecule has 118 valence electrons. The number of likely N-dealkylation sites (N-methyl/N-ethyl adjacent to an activating group) is 1. The number of hydrogen-bond acceptors (Lipinski definition) is 4. The topological polar surface area (TPSA) is 45.1 Å². The Hall–Kier alpha value is -3.01. The van der Waals surface area contributed by atoms with E-state index in [1.807, 2.05) is 37.5 Å². The maximum Gasteiger partial charge on any atom is 0.223 e. The number of nitrogens with zero attached hydrogens (tertiary/aromatic N) is 2. The summed E-state index contributed by atoms with van der Waals surface area (Å²) in [6.45, 7) is 0. The molecule has 1 spiro atoms. The number of hydrogen-bond donors (Lipinski definition) is 1. The standard InChI is InChI=1S/C20H16N2O2/c1-22-17-5-3-2-4-14(17)11-20(22)12-21-19-16-8-7-15(23)10-13(16)6-9-18(19)24-20/h2-10,12,23H,11H2,1H3. The molecular formula is C20H16N2O2. The summed E-state index contributed by atoms with van der Waals surface area (Å²) in [6, 6.07) is 17.6. The maximum atomic E-state index is 9.66. The number of ether oxygens (including phenoxy) is 1. The summed E-state index contributed by atoms with van der Waals surface area (Å²) in [5.41, 5.74) is 2.70. The average molecular weight is 316 g/mol. The molecule has 1 unspecified atom stereocenters. The second-order valence-corrected chi connectivity index (χ2v) is 6.39. The van der Waals surface area contributed by atoms with Gasteiger partial charge in [-0.05, 0) is 41.3 Å². The fourth-order valence-electron chi connectivity index (χ4n) is 3.70. The quantitative estimate of drug-likeness (QED) is 0.681. The molecule has 0 aliphatic carbocycles. The third kappa shape index (κ3) is 1.71. The number of rotatable bonds is 0. The largest absolute Gasteiger partial charge is 0.508 e. The average Bonchev–Trinajstić information content (AvgIpc) is 2.86. The van der Waals surface area contributed by atoms with Gasteiger partial charge in [0.1, 0.15) is 17.2 Å². The van der Waals surface area contributed by atoms with Crippen molar-refractivity contribution < 1.29 is 9.84 Å². The van der Waals surface area contributed by atoms with E-state index in [0.29, 0.717) is 0 Å². The highest BCUT2D eigenvalue weighted by Gasteiger charge is 2.44. The van der Waals surface area contributed by atoms with Crippen LogP contribution in [0.25, 0.3) is 10.8 Å². The Morgan fingerprint density at radius 3 is 2.88 bits per heavy atom. The predicted molar refractivity (Wildman–Crippen MR) is 95.7 cm³/mol. The molecule has 5 rings (SSSR count). The zero-order chi connectivity index (χ0) is 16.3. The van der Waals surface area contributed by atoms with Gasteiger partial charge >= 0.3 is 0 Å². The van der Waals surface area contributed by atoms with Crippen molar-refractivity contribution in [2.75, 3.05) is 11.9 Å². The van der Waals surface area contributed by atoms with Crippen LogP contribution in [0.3, 0.4) is 0 Å². The molecule has 2 aliphatic rings. The molecule has 4 heteroatoms. The first kappa shape index (κ1) is 13.4. The van der Waals surface area contributed by atoms with Crippen LogP contribution in [0.1, 0.15) is 5.56 Å². The van der Waals surface area contributed by atoms with Gasteiger partial charge < -0.3 is 14.7 Å². The van der Waals surface area contributed by atoms with Crippen LogP contribution in [0.15, 0.2) is 59.6 Å². The van der Waals surface area contributed by atoms with Crippen molar-refractivity contribution in [1.82, 2.24) is 0 Å². The Morgan fingerprint density at radius 1 is 1.12 bits per heavy atom. The van der Waals surface area contributed by atoms with E-state index in [2.05, 4.69) is 23.1 Å². The first-order valence-corrected chi connectivity index (χ1v) is 7.98. The van der Waals surface area contributed by atoms with Crippen molar-refractivity contribution in [1.29, 1.82) is 0 Å². The lowest BCUT2D eigenvalue weighted by molar-refractivity contribution is 0.154. The molecule has 0 radical (unpaired) electrons. The van der Waals surface area contributed by atoms with E-state index in [4.69, 9.17) is 9.73 Å². The lowest BCUT2D eigenvalue weighted by Gasteiger charge is -2.37. The Balaban J connectivity index is 1.63. The van der Waals surface area contributed by atoms with Gasteiger partial charge in [0.15, 0.2) is 0 Å². The molecule has 1 atom stereocenters. The molecule has 0 aromatic heterocycles. The SMILES string of the molecule is CN1c2ccccc2CC12C=Nc1c(ccc3cc(O)ccc13)O2. The summed E-state index contributed by atoms with van der Waals surface area (Å²) >= 11 is 0.